The lowest BCUT2D eigenvalue weighted by Crippen LogP contribution is -2.38. The number of halogens is 2. The first kappa shape index (κ1) is 26.3. The second kappa shape index (κ2) is 11.9. The molecule has 0 bridgehead atoms. The summed E-state index contributed by atoms with van der Waals surface area (Å²) in [5.74, 6) is 0.899. The highest BCUT2D eigenvalue weighted by molar-refractivity contribution is 7.98. The summed E-state index contributed by atoms with van der Waals surface area (Å²) in [6, 6.07) is 9.22. The van der Waals surface area contributed by atoms with Crippen molar-refractivity contribution in [3.8, 4) is 0 Å². The highest BCUT2D eigenvalue weighted by Gasteiger charge is 2.25. The van der Waals surface area contributed by atoms with Crippen LogP contribution in [0.4, 0.5) is 4.39 Å². The Morgan fingerprint density at radius 2 is 1.97 bits per heavy atom. The monoisotopic (exact) mass is 530 g/mol. The van der Waals surface area contributed by atoms with Gasteiger partial charge in [-0.3, -0.25) is 4.79 Å². The zero-order valence-electron chi connectivity index (χ0n) is 18.6. The van der Waals surface area contributed by atoms with Crippen LogP contribution in [0.3, 0.4) is 0 Å². The third kappa shape index (κ3) is 6.88. The summed E-state index contributed by atoms with van der Waals surface area (Å²) in [5, 5.41) is 0.359. The molecule has 0 saturated carbocycles. The first-order chi connectivity index (χ1) is 15.7. The largest absolute Gasteiger partial charge is 0.339 e. The standard InChI is InChI=1S/C23H28ClFN2O3S3/c1-16-8-11-27(12-9-16)23(28)18-14-17(6-7-22(18)31-2)33(29,30)26-10-13-32-15-19-20(24)4-3-5-21(19)25/h3-7,14,16,26H,8-13,15H2,1-2H3. The quantitative estimate of drug-likeness (QED) is 0.353. The molecule has 2 aromatic rings. The van der Waals surface area contributed by atoms with E-state index >= 15 is 0 Å². The number of likely N-dealkylation sites (tertiary alicyclic amines) is 1. The van der Waals surface area contributed by atoms with Crippen molar-refractivity contribution in [3.05, 3.63) is 58.4 Å². The number of nitrogens with zero attached hydrogens (tertiary/aromatic N) is 1. The molecule has 3 rings (SSSR count). The van der Waals surface area contributed by atoms with E-state index in [9.17, 15) is 17.6 Å². The summed E-state index contributed by atoms with van der Waals surface area (Å²) in [6.45, 7) is 3.73. The zero-order chi connectivity index (χ0) is 24.0. The summed E-state index contributed by atoms with van der Waals surface area (Å²) < 4.78 is 42.1. The van der Waals surface area contributed by atoms with Gasteiger partial charge in [0.05, 0.1) is 10.5 Å². The van der Waals surface area contributed by atoms with Crippen molar-refractivity contribution in [3.63, 3.8) is 0 Å². The minimum Gasteiger partial charge on any atom is -0.339 e. The van der Waals surface area contributed by atoms with Crippen LogP contribution in [0.1, 0.15) is 35.7 Å². The van der Waals surface area contributed by atoms with E-state index in [1.807, 2.05) is 11.2 Å². The highest BCUT2D eigenvalue weighted by Crippen LogP contribution is 2.27. The predicted molar refractivity (Wildman–Crippen MR) is 135 cm³/mol. The molecular formula is C23H28ClFN2O3S3. The van der Waals surface area contributed by atoms with Crippen LogP contribution in [0.2, 0.25) is 5.02 Å². The molecule has 180 valence electrons. The summed E-state index contributed by atoms with van der Waals surface area (Å²) in [6.07, 6.45) is 3.78. The van der Waals surface area contributed by atoms with Crippen LogP contribution >= 0.6 is 35.1 Å². The number of carbonyl (C=O) groups excluding carboxylic acids is 1. The summed E-state index contributed by atoms with van der Waals surface area (Å²) in [4.78, 5) is 15.7. The number of rotatable bonds is 9. The molecule has 2 aromatic carbocycles. The number of nitrogens with one attached hydrogen (secondary N) is 1. The Morgan fingerprint density at radius 1 is 1.24 bits per heavy atom. The molecule has 10 heteroatoms. The van der Waals surface area contributed by atoms with Crippen molar-refractivity contribution in [2.24, 2.45) is 5.92 Å². The van der Waals surface area contributed by atoms with Crippen molar-refractivity contribution in [1.82, 2.24) is 9.62 Å². The molecule has 1 amide bonds. The van der Waals surface area contributed by atoms with Crippen LogP contribution in [0.25, 0.3) is 0 Å². The van der Waals surface area contributed by atoms with Crippen LogP contribution in [0.5, 0.6) is 0 Å². The second-order valence-electron chi connectivity index (χ2n) is 7.99. The van der Waals surface area contributed by atoms with E-state index in [0.717, 1.165) is 17.7 Å². The molecule has 0 atom stereocenters. The number of piperidine rings is 1. The number of benzene rings is 2. The number of thioether (sulfide) groups is 2. The molecular weight excluding hydrogens is 503 g/mol. The van der Waals surface area contributed by atoms with Gasteiger partial charge in [0, 0.05) is 46.6 Å². The number of carbonyl (C=O) groups is 1. The van der Waals surface area contributed by atoms with Gasteiger partial charge in [-0.25, -0.2) is 17.5 Å². The maximum absolute atomic E-state index is 13.8. The van der Waals surface area contributed by atoms with Gasteiger partial charge in [0.25, 0.3) is 5.91 Å². The van der Waals surface area contributed by atoms with Crippen LogP contribution < -0.4 is 4.72 Å². The zero-order valence-corrected chi connectivity index (χ0v) is 21.8. The fraction of sp³-hybridized carbons (Fsp3) is 0.435. The van der Waals surface area contributed by atoms with Gasteiger partial charge in [-0.2, -0.15) is 11.8 Å². The molecule has 0 spiro atoms. The topological polar surface area (TPSA) is 66.5 Å². The van der Waals surface area contributed by atoms with E-state index in [4.69, 9.17) is 11.6 Å². The smallest absolute Gasteiger partial charge is 0.255 e. The Bertz CT molecular complexity index is 1070. The van der Waals surface area contributed by atoms with Crippen LogP contribution in [-0.2, 0) is 15.8 Å². The van der Waals surface area contributed by atoms with Gasteiger partial charge in [-0.15, -0.1) is 11.8 Å². The average molecular weight is 531 g/mol. The molecule has 33 heavy (non-hydrogen) atoms. The van der Waals surface area contributed by atoms with E-state index in [1.54, 1.807) is 18.2 Å². The lowest BCUT2D eigenvalue weighted by molar-refractivity contribution is 0.0693. The SMILES string of the molecule is CSc1ccc(S(=O)(=O)NCCSCc2c(F)cccc2Cl)cc1C(=O)N1CCC(C)CC1. The van der Waals surface area contributed by atoms with Gasteiger partial charge < -0.3 is 4.90 Å². The molecule has 1 saturated heterocycles. The predicted octanol–water partition coefficient (Wildman–Crippen LogP) is 5.28. The minimum atomic E-state index is -3.79. The number of amides is 1. The van der Waals surface area contributed by atoms with Crippen molar-refractivity contribution in [2.75, 3.05) is 31.6 Å². The lowest BCUT2D eigenvalue weighted by Gasteiger charge is -2.30. The van der Waals surface area contributed by atoms with Crippen LogP contribution in [0, 0.1) is 11.7 Å². The Hall–Kier alpha value is -1.26. The third-order valence-corrected chi connectivity index (χ3v) is 9.22. The van der Waals surface area contributed by atoms with E-state index < -0.39 is 10.0 Å². The maximum atomic E-state index is 13.8. The van der Waals surface area contributed by atoms with E-state index in [-0.39, 0.29) is 23.2 Å². The molecule has 1 fully saturated rings. The highest BCUT2D eigenvalue weighted by atomic mass is 35.5. The second-order valence-corrected chi connectivity index (χ2v) is 12.1. The Kier molecular flexibility index (Phi) is 9.52. The Morgan fingerprint density at radius 3 is 2.64 bits per heavy atom. The number of hydrogen-bond acceptors (Lipinski definition) is 5. The van der Waals surface area contributed by atoms with E-state index in [0.29, 0.717) is 46.7 Å². The summed E-state index contributed by atoms with van der Waals surface area (Å²) in [5.41, 5.74) is 0.832. The van der Waals surface area contributed by atoms with E-state index in [2.05, 4.69) is 11.6 Å². The first-order valence-electron chi connectivity index (χ1n) is 10.7. The van der Waals surface area contributed by atoms with E-state index in [1.165, 1.54) is 41.7 Å². The first-order valence-corrected chi connectivity index (χ1v) is 14.9. The van der Waals surface area contributed by atoms with Crippen LogP contribution in [0.15, 0.2) is 46.2 Å². The van der Waals surface area contributed by atoms with Gasteiger partial charge in [0.1, 0.15) is 5.82 Å². The summed E-state index contributed by atoms with van der Waals surface area (Å²) >= 11 is 8.84. The molecule has 0 aromatic heterocycles. The average Bonchev–Trinajstić information content (AvgIpc) is 2.80. The van der Waals surface area contributed by atoms with Gasteiger partial charge in [-0.1, -0.05) is 24.6 Å². The fourth-order valence-corrected chi connectivity index (χ4v) is 6.53. The minimum absolute atomic E-state index is 0.0659. The third-order valence-electron chi connectivity index (χ3n) is 5.63. The molecule has 1 heterocycles. The van der Waals surface area contributed by atoms with Crippen molar-refractivity contribution >= 4 is 51.1 Å². The van der Waals surface area contributed by atoms with Gasteiger partial charge in [0.2, 0.25) is 10.0 Å². The fourth-order valence-electron chi connectivity index (χ4n) is 3.58. The van der Waals surface area contributed by atoms with Crippen molar-refractivity contribution < 1.29 is 17.6 Å². The normalized spacial score (nSPS) is 15.1. The number of hydrogen-bond donors (Lipinski definition) is 1. The Balaban J connectivity index is 1.62. The number of sulfonamides is 1. The molecule has 0 aliphatic carbocycles. The molecule has 1 N–H and O–H groups in total. The lowest BCUT2D eigenvalue weighted by atomic mass is 9.98. The molecule has 0 unspecified atom stereocenters. The van der Waals surface area contributed by atoms with Crippen LogP contribution in [-0.4, -0.2) is 50.9 Å². The Labute approximate surface area is 208 Å². The molecule has 5 nitrogen and oxygen atoms in total. The van der Waals surface area contributed by atoms with Crippen molar-refractivity contribution in [1.29, 1.82) is 0 Å². The van der Waals surface area contributed by atoms with Gasteiger partial charge in [0.15, 0.2) is 0 Å². The van der Waals surface area contributed by atoms with Crippen molar-refractivity contribution in [2.45, 2.75) is 35.3 Å². The molecule has 1 aliphatic rings. The molecule has 0 radical (unpaired) electrons. The van der Waals surface area contributed by atoms with Gasteiger partial charge in [-0.05, 0) is 55.3 Å². The molecule has 1 aliphatic heterocycles. The maximum Gasteiger partial charge on any atom is 0.255 e. The summed E-state index contributed by atoms with van der Waals surface area (Å²) in [7, 11) is -3.79. The van der Waals surface area contributed by atoms with Gasteiger partial charge >= 0.3 is 0 Å².